The molecule has 3 rings (SSSR count). The molecule has 2 unspecified atom stereocenters. The molecule has 2 saturated carbocycles. The van der Waals surface area contributed by atoms with Crippen LogP contribution in [0.15, 0.2) is 0 Å². The molecule has 1 aliphatic heterocycles. The van der Waals surface area contributed by atoms with Gasteiger partial charge < -0.3 is 15.1 Å². The lowest BCUT2D eigenvalue weighted by molar-refractivity contribution is -0.135. The minimum atomic E-state index is 0.000191. The van der Waals surface area contributed by atoms with E-state index in [0.29, 0.717) is 6.04 Å². The number of amides is 3. The van der Waals surface area contributed by atoms with Gasteiger partial charge >= 0.3 is 6.03 Å². The number of fused-ring (bicyclic) bond motifs is 1. The van der Waals surface area contributed by atoms with Crippen LogP contribution in [0.3, 0.4) is 0 Å². The molecule has 3 fully saturated rings. The van der Waals surface area contributed by atoms with Gasteiger partial charge in [-0.05, 0) is 38.5 Å². The fraction of sp³-hybridized carbons (Fsp3) is 0.900. The topological polar surface area (TPSA) is 52.6 Å². The first-order valence-electron chi connectivity index (χ1n) is 10.5. The molecule has 0 aromatic carbocycles. The first kappa shape index (κ1) is 18.5. The van der Waals surface area contributed by atoms with Gasteiger partial charge in [0.25, 0.3) is 0 Å². The summed E-state index contributed by atoms with van der Waals surface area (Å²) in [6, 6.07) is 0.507. The van der Waals surface area contributed by atoms with Crippen molar-refractivity contribution in [2.45, 2.75) is 89.1 Å². The third kappa shape index (κ3) is 4.68. The lowest BCUT2D eigenvalue weighted by Crippen LogP contribution is -2.53. The number of rotatable bonds is 1. The van der Waals surface area contributed by atoms with E-state index < -0.39 is 0 Å². The second kappa shape index (κ2) is 8.91. The summed E-state index contributed by atoms with van der Waals surface area (Å²) in [5.41, 5.74) is 0. The molecule has 0 spiro atoms. The van der Waals surface area contributed by atoms with Crippen LogP contribution in [0, 0.1) is 5.92 Å². The zero-order chi connectivity index (χ0) is 17.6. The van der Waals surface area contributed by atoms with Crippen LogP contribution >= 0.6 is 0 Å². The highest BCUT2D eigenvalue weighted by molar-refractivity contribution is 5.81. The molecule has 5 heteroatoms. The van der Waals surface area contributed by atoms with E-state index in [-0.39, 0.29) is 23.9 Å². The van der Waals surface area contributed by atoms with E-state index in [9.17, 15) is 9.59 Å². The molecule has 0 aromatic heterocycles. The van der Waals surface area contributed by atoms with Crippen molar-refractivity contribution in [1.82, 2.24) is 15.1 Å². The van der Waals surface area contributed by atoms with Gasteiger partial charge in [-0.2, -0.15) is 0 Å². The summed E-state index contributed by atoms with van der Waals surface area (Å²) >= 11 is 0. The molecular weight excluding hydrogens is 314 g/mol. The number of carbonyl (C=O) groups is 2. The predicted molar refractivity (Wildman–Crippen MR) is 99.3 cm³/mol. The molecule has 25 heavy (non-hydrogen) atoms. The monoisotopic (exact) mass is 349 g/mol. The molecule has 0 bridgehead atoms. The maximum absolute atomic E-state index is 13.0. The van der Waals surface area contributed by atoms with Crippen molar-refractivity contribution >= 4 is 11.9 Å². The van der Waals surface area contributed by atoms with Crippen LogP contribution in [0.5, 0.6) is 0 Å². The van der Waals surface area contributed by atoms with Crippen molar-refractivity contribution in [3.63, 3.8) is 0 Å². The lowest BCUT2D eigenvalue weighted by Gasteiger charge is -2.35. The van der Waals surface area contributed by atoms with Crippen LogP contribution < -0.4 is 5.32 Å². The van der Waals surface area contributed by atoms with Gasteiger partial charge in [0.2, 0.25) is 5.91 Å². The summed E-state index contributed by atoms with van der Waals surface area (Å²) < 4.78 is 0. The zero-order valence-corrected chi connectivity index (χ0v) is 15.8. The van der Waals surface area contributed by atoms with Gasteiger partial charge in [0.05, 0.1) is 5.92 Å². The first-order chi connectivity index (χ1) is 12.2. The molecule has 2 atom stereocenters. The Morgan fingerprint density at radius 2 is 1.56 bits per heavy atom. The van der Waals surface area contributed by atoms with Crippen molar-refractivity contribution in [2.24, 2.45) is 5.92 Å². The molecule has 1 N–H and O–H groups in total. The number of urea groups is 1. The SMILES string of the molecule is CN1CCCCCCN(C(=O)NC2CCCCC2)C2CCCC2C1=O. The van der Waals surface area contributed by atoms with Gasteiger partial charge in [-0.15, -0.1) is 0 Å². The van der Waals surface area contributed by atoms with E-state index in [4.69, 9.17) is 0 Å². The number of nitrogens with zero attached hydrogens (tertiary/aromatic N) is 2. The van der Waals surface area contributed by atoms with Crippen LogP contribution in [0.25, 0.3) is 0 Å². The Kier molecular flexibility index (Phi) is 6.60. The molecule has 142 valence electrons. The smallest absolute Gasteiger partial charge is 0.317 e. The summed E-state index contributed by atoms with van der Waals surface area (Å²) in [6.45, 7) is 1.66. The maximum Gasteiger partial charge on any atom is 0.317 e. The lowest BCUT2D eigenvalue weighted by atomic mass is 9.95. The minimum absolute atomic E-state index is 0.000191. The highest BCUT2D eigenvalue weighted by Crippen LogP contribution is 2.32. The van der Waals surface area contributed by atoms with Crippen molar-refractivity contribution < 1.29 is 9.59 Å². The molecule has 3 amide bonds. The Morgan fingerprint density at radius 3 is 2.32 bits per heavy atom. The Hall–Kier alpha value is -1.26. The Bertz CT molecular complexity index is 462. The van der Waals surface area contributed by atoms with Gasteiger partial charge in [0, 0.05) is 32.2 Å². The fourth-order valence-corrected chi connectivity index (χ4v) is 4.90. The highest BCUT2D eigenvalue weighted by atomic mass is 16.2. The van der Waals surface area contributed by atoms with E-state index in [1.165, 1.54) is 19.3 Å². The van der Waals surface area contributed by atoms with Crippen molar-refractivity contribution in [2.75, 3.05) is 20.1 Å². The van der Waals surface area contributed by atoms with Crippen molar-refractivity contribution in [3.8, 4) is 0 Å². The normalized spacial score (nSPS) is 29.9. The fourth-order valence-electron chi connectivity index (χ4n) is 4.90. The largest absolute Gasteiger partial charge is 0.345 e. The highest BCUT2D eigenvalue weighted by Gasteiger charge is 2.40. The Balaban J connectivity index is 1.71. The second-order valence-corrected chi connectivity index (χ2v) is 8.26. The predicted octanol–water partition coefficient (Wildman–Crippen LogP) is 3.53. The van der Waals surface area contributed by atoms with E-state index in [0.717, 1.165) is 70.9 Å². The standard InChI is InChI=1S/C20H35N3O2/c1-22-14-7-2-3-8-15-23(18-13-9-12-17(18)19(22)24)20(25)21-16-10-5-4-6-11-16/h16-18H,2-15H2,1H3,(H,21,25). The summed E-state index contributed by atoms with van der Waals surface area (Å²) in [7, 11) is 1.93. The molecule has 0 aromatic rings. The van der Waals surface area contributed by atoms with Gasteiger partial charge in [0.1, 0.15) is 0 Å². The number of carbonyl (C=O) groups excluding carboxylic acids is 2. The van der Waals surface area contributed by atoms with E-state index in [1.54, 1.807) is 0 Å². The minimum Gasteiger partial charge on any atom is -0.345 e. The molecule has 3 aliphatic rings. The van der Waals surface area contributed by atoms with Gasteiger partial charge in [-0.25, -0.2) is 4.79 Å². The molecule has 0 radical (unpaired) electrons. The Labute approximate surface area is 152 Å². The summed E-state index contributed by atoms with van der Waals surface area (Å²) in [6.07, 6.45) is 13.3. The van der Waals surface area contributed by atoms with Crippen molar-refractivity contribution in [3.05, 3.63) is 0 Å². The van der Waals surface area contributed by atoms with Crippen LogP contribution in [0.2, 0.25) is 0 Å². The van der Waals surface area contributed by atoms with E-state index in [2.05, 4.69) is 5.32 Å². The average Bonchev–Trinajstić information content (AvgIpc) is 3.09. The zero-order valence-electron chi connectivity index (χ0n) is 15.8. The summed E-state index contributed by atoms with van der Waals surface area (Å²) in [4.78, 5) is 29.9. The van der Waals surface area contributed by atoms with E-state index in [1.807, 2.05) is 16.8 Å². The van der Waals surface area contributed by atoms with Crippen LogP contribution in [-0.4, -0.2) is 54.0 Å². The molecular formula is C20H35N3O2. The van der Waals surface area contributed by atoms with Gasteiger partial charge in [-0.1, -0.05) is 38.5 Å². The van der Waals surface area contributed by atoms with Crippen LogP contribution in [0.1, 0.15) is 77.0 Å². The first-order valence-corrected chi connectivity index (χ1v) is 10.5. The number of nitrogens with one attached hydrogen (secondary N) is 1. The quantitative estimate of drug-likeness (QED) is 0.787. The molecule has 1 heterocycles. The molecule has 1 saturated heterocycles. The number of hydrogen-bond acceptors (Lipinski definition) is 2. The Morgan fingerprint density at radius 1 is 0.880 bits per heavy atom. The third-order valence-electron chi connectivity index (χ3n) is 6.41. The maximum atomic E-state index is 13.0. The van der Waals surface area contributed by atoms with Gasteiger partial charge in [0.15, 0.2) is 0 Å². The van der Waals surface area contributed by atoms with Crippen LogP contribution in [0.4, 0.5) is 4.79 Å². The van der Waals surface area contributed by atoms with Crippen LogP contribution in [-0.2, 0) is 4.79 Å². The van der Waals surface area contributed by atoms with Gasteiger partial charge in [-0.3, -0.25) is 4.79 Å². The van der Waals surface area contributed by atoms with E-state index >= 15 is 0 Å². The third-order valence-corrected chi connectivity index (χ3v) is 6.41. The average molecular weight is 350 g/mol. The molecule has 5 nitrogen and oxygen atoms in total. The summed E-state index contributed by atoms with van der Waals surface area (Å²) in [5, 5.41) is 3.29. The summed E-state index contributed by atoms with van der Waals surface area (Å²) in [5.74, 6) is 0.250. The number of hydrogen-bond donors (Lipinski definition) is 1. The molecule has 2 aliphatic carbocycles. The van der Waals surface area contributed by atoms with Crippen molar-refractivity contribution in [1.29, 1.82) is 0 Å². The second-order valence-electron chi connectivity index (χ2n) is 8.26.